The number of hydrogen-bond donors (Lipinski definition) is 2. The largest absolute Gasteiger partial charge is 0.493 e. The molecule has 7 nitrogen and oxygen atoms in total. The second-order valence-corrected chi connectivity index (χ2v) is 9.76. The van der Waals surface area contributed by atoms with E-state index < -0.39 is 18.4 Å². The first-order valence-electron chi connectivity index (χ1n) is 11.0. The molecule has 1 aromatic heterocycles. The van der Waals surface area contributed by atoms with Gasteiger partial charge in [0, 0.05) is 35.1 Å². The van der Waals surface area contributed by atoms with Crippen LogP contribution in [0.3, 0.4) is 0 Å². The molecule has 35 heavy (non-hydrogen) atoms. The van der Waals surface area contributed by atoms with Gasteiger partial charge in [-0.1, -0.05) is 0 Å². The third kappa shape index (κ3) is 6.22. The Bertz CT molecular complexity index is 1030. The lowest BCUT2D eigenvalue weighted by atomic mass is 9.77. The van der Waals surface area contributed by atoms with Crippen LogP contribution in [-0.2, 0) is 6.18 Å². The molecule has 0 amide bonds. The number of aromatic nitrogens is 2. The fourth-order valence-electron chi connectivity index (χ4n) is 4.50. The van der Waals surface area contributed by atoms with Crippen molar-refractivity contribution in [2.75, 3.05) is 24.8 Å². The van der Waals surface area contributed by atoms with Gasteiger partial charge in [0.05, 0.1) is 7.11 Å². The lowest BCUT2D eigenvalue weighted by molar-refractivity contribution is -0.137. The average Bonchev–Trinajstić information content (AvgIpc) is 2.70. The molecular weight excluding hydrogens is 473 g/mol. The quantitative estimate of drug-likeness (QED) is 0.455. The number of halogens is 5. The number of piperidine rings is 1. The number of methoxy groups -OCH3 is 1. The Morgan fingerprint density at radius 2 is 1.71 bits per heavy atom. The summed E-state index contributed by atoms with van der Waals surface area (Å²) in [7, 11) is 3.30. The number of hydrogen-bond acceptors (Lipinski definition) is 7. The Morgan fingerprint density at radius 3 is 2.26 bits per heavy atom. The summed E-state index contributed by atoms with van der Waals surface area (Å²) in [5, 5.41) is 5.73. The van der Waals surface area contributed by atoms with Crippen LogP contribution in [0.15, 0.2) is 24.4 Å². The number of rotatable bonds is 7. The molecule has 0 aliphatic carbocycles. The van der Waals surface area contributed by atoms with Gasteiger partial charge < -0.3 is 20.1 Å². The van der Waals surface area contributed by atoms with E-state index in [4.69, 9.17) is 4.74 Å². The van der Waals surface area contributed by atoms with Gasteiger partial charge in [0.2, 0.25) is 5.95 Å². The molecule has 1 aliphatic heterocycles. The molecule has 0 radical (unpaired) electrons. The van der Waals surface area contributed by atoms with Gasteiger partial charge in [-0.15, -0.1) is 0 Å². The molecule has 1 saturated heterocycles. The zero-order valence-corrected chi connectivity index (χ0v) is 20.4. The molecule has 1 aliphatic rings. The number of nitrogens with one attached hydrogen (secondary N) is 2. The standard InChI is InChI=1S/C23H30F5N5O2/c1-21(2)10-14(11-22(3,4)33(21)5)30-18-15(23(26,27)28)12-29-20(32-18)31-13-7-8-16(34-6)17(9-13)35-19(24)25/h7-9,12,14,19H,10-11H2,1-6H3,(H2,29,30,31,32). The van der Waals surface area contributed by atoms with Crippen LogP contribution < -0.4 is 20.1 Å². The van der Waals surface area contributed by atoms with E-state index in [1.54, 1.807) is 0 Å². The molecular formula is C23H30F5N5O2. The van der Waals surface area contributed by atoms with Crippen LogP contribution in [-0.4, -0.2) is 52.8 Å². The molecule has 0 saturated carbocycles. The maximum atomic E-state index is 13.7. The molecule has 2 N–H and O–H groups in total. The fraction of sp³-hybridized carbons (Fsp3) is 0.565. The molecule has 194 valence electrons. The highest BCUT2D eigenvalue weighted by atomic mass is 19.4. The Kier molecular flexibility index (Phi) is 7.35. The highest BCUT2D eigenvalue weighted by molar-refractivity contribution is 5.61. The van der Waals surface area contributed by atoms with Crippen molar-refractivity contribution in [1.29, 1.82) is 0 Å². The summed E-state index contributed by atoms with van der Waals surface area (Å²) in [5.74, 6) is -0.665. The minimum absolute atomic E-state index is 0.0686. The van der Waals surface area contributed by atoms with Crippen molar-refractivity contribution in [3.8, 4) is 11.5 Å². The molecule has 2 heterocycles. The van der Waals surface area contributed by atoms with Crippen LogP contribution in [0.2, 0.25) is 0 Å². The lowest BCUT2D eigenvalue weighted by Crippen LogP contribution is -2.61. The monoisotopic (exact) mass is 503 g/mol. The van der Waals surface area contributed by atoms with Crippen molar-refractivity contribution >= 4 is 17.5 Å². The molecule has 0 spiro atoms. The van der Waals surface area contributed by atoms with Gasteiger partial charge in [0.1, 0.15) is 11.4 Å². The Hall–Kier alpha value is -2.89. The van der Waals surface area contributed by atoms with Crippen LogP contribution in [0.4, 0.5) is 39.4 Å². The summed E-state index contributed by atoms with van der Waals surface area (Å²) in [6.45, 7) is 5.10. The Balaban J connectivity index is 1.91. The molecule has 0 bridgehead atoms. The van der Waals surface area contributed by atoms with E-state index >= 15 is 0 Å². The van der Waals surface area contributed by atoms with Crippen molar-refractivity contribution in [3.63, 3.8) is 0 Å². The van der Waals surface area contributed by atoms with E-state index in [9.17, 15) is 22.0 Å². The molecule has 1 aromatic carbocycles. The van der Waals surface area contributed by atoms with Gasteiger partial charge in [0.25, 0.3) is 0 Å². The van der Waals surface area contributed by atoms with Crippen LogP contribution in [0.25, 0.3) is 0 Å². The minimum atomic E-state index is -4.67. The summed E-state index contributed by atoms with van der Waals surface area (Å²) in [6, 6.07) is 3.81. The third-order valence-corrected chi connectivity index (χ3v) is 6.38. The predicted molar refractivity (Wildman–Crippen MR) is 123 cm³/mol. The summed E-state index contributed by atoms with van der Waals surface area (Å²) in [6.07, 6.45) is -2.77. The average molecular weight is 504 g/mol. The van der Waals surface area contributed by atoms with E-state index in [0.29, 0.717) is 19.0 Å². The topological polar surface area (TPSA) is 71.5 Å². The van der Waals surface area contributed by atoms with Crippen molar-refractivity contribution in [2.45, 2.75) is 70.4 Å². The van der Waals surface area contributed by atoms with Gasteiger partial charge in [-0.25, -0.2) is 4.98 Å². The van der Waals surface area contributed by atoms with Crippen molar-refractivity contribution in [3.05, 3.63) is 30.0 Å². The molecule has 0 unspecified atom stereocenters. The number of benzene rings is 1. The lowest BCUT2D eigenvalue weighted by Gasteiger charge is -2.53. The third-order valence-electron chi connectivity index (χ3n) is 6.38. The van der Waals surface area contributed by atoms with Crippen LogP contribution in [0.1, 0.15) is 46.1 Å². The summed E-state index contributed by atoms with van der Waals surface area (Å²) in [4.78, 5) is 10.1. The zero-order valence-electron chi connectivity index (χ0n) is 20.4. The van der Waals surface area contributed by atoms with E-state index in [1.807, 2.05) is 34.7 Å². The van der Waals surface area contributed by atoms with Crippen LogP contribution >= 0.6 is 0 Å². The van der Waals surface area contributed by atoms with Crippen LogP contribution in [0.5, 0.6) is 11.5 Å². The Labute approximate surface area is 201 Å². The van der Waals surface area contributed by atoms with Crippen molar-refractivity contribution in [2.24, 2.45) is 0 Å². The van der Waals surface area contributed by atoms with Crippen molar-refractivity contribution in [1.82, 2.24) is 14.9 Å². The first kappa shape index (κ1) is 26.7. The van der Waals surface area contributed by atoms with E-state index in [-0.39, 0.29) is 46.1 Å². The van der Waals surface area contributed by atoms with Gasteiger partial charge in [0.15, 0.2) is 11.5 Å². The first-order chi connectivity index (χ1) is 16.1. The maximum Gasteiger partial charge on any atom is 0.421 e. The van der Waals surface area contributed by atoms with Gasteiger partial charge in [-0.2, -0.15) is 26.9 Å². The second-order valence-electron chi connectivity index (χ2n) is 9.76. The van der Waals surface area contributed by atoms with Gasteiger partial charge in [-0.3, -0.25) is 4.90 Å². The second kappa shape index (κ2) is 9.63. The number of nitrogens with zero attached hydrogens (tertiary/aromatic N) is 3. The maximum absolute atomic E-state index is 13.7. The molecule has 12 heteroatoms. The molecule has 2 aromatic rings. The first-order valence-corrected chi connectivity index (χ1v) is 11.0. The van der Waals surface area contributed by atoms with Gasteiger partial charge in [-0.05, 0) is 59.7 Å². The predicted octanol–water partition coefficient (Wildman–Crippen LogP) is 5.91. The minimum Gasteiger partial charge on any atom is -0.493 e. The summed E-state index contributed by atoms with van der Waals surface area (Å²) in [5.41, 5.74) is -1.27. The SMILES string of the molecule is COc1ccc(Nc2ncc(C(F)(F)F)c(NC3CC(C)(C)N(C)C(C)(C)C3)n2)cc1OC(F)F. The zero-order chi connectivity index (χ0) is 26.2. The van der Waals surface area contributed by atoms with E-state index in [1.165, 1.54) is 25.3 Å². The summed E-state index contributed by atoms with van der Waals surface area (Å²) >= 11 is 0. The van der Waals surface area contributed by atoms with Crippen molar-refractivity contribution < 1.29 is 31.4 Å². The molecule has 0 atom stereocenters. The molecule has 1 fully saturated rings. The number of ether oxygens (including phenoxy) is 2. The van der Waals surface area contributed by atoms with Crippen LogP contribution in [0, 0.1) is 0 Å². The number of alkyl halides is 5. The highest BCUT2D eigenvalue weighted by Crippen LogP contribution is 2.40. The van der Waals surface area contributed by atoms with Gasteiger partial charge >= 0.3 is 12.8 Å². The molecule has 3 rings (SSSR count). The van der Waals surface area contributed by atoms with E-state index in [0.717, 1.165) is 0 Å². The number of likely N-dealkylation sites (tertiary alicyclic amines) is 1. The Morgan fingerprint density at radius 1 is 1.09 bits per heavy atom. The smallest absolute Gasteiger partial charge is 0.421 e. The normalized spacial score (nSPS) is 18.4. The summed E-state index contributed by atoms with van der Waals surface area (Å²) < 4.78 is 76.1. The fourth-order valence-corrected chi connectivity index (χ4v) is 4.50. The highest BCUT2D eigenvalue weighted by Gasteiger charge is 2.44. The number of anilines is 3. The van der Waals surface area contributed by atoms with E-state index in [2.05, 4.69) is 30.2 Å².